The first-order chi connectivity index (χ1) is 9.78. The third-order valence-electron chi connectivity index (χ3n) is 4.25. The zero-order valence-corrected chi connectivity index (χ0v) is 13.0. The Kier molecular flexibility index (Phi) is 6.51. The summed E-state index contributed by atoms with van der Waals surface area (Å²) in [5.41, 5.74) is 1.43. The predicted octanol–water partition coefficient (Wildman–Crippen LogP) is 2.19. The van der Waals surface area contributed by atoms with Crippen LogP contribution in [0.25, 0.3) is 0 Å². The topological polar surface area (TPSA) is 18.5 Å². The van der Waals surface area contributed by atoms with Gasteiger partial charge in [-0.1, -0.05) is 37.3 Å². The van der Waals surface area contributed by atoms with Crippen molar-refractivity contribution in [2.45, 2.75) is 32.9 Å². The largest absolute Gasteiger partial charge is 0.313 e. The zero-order valence-electron chi connectivity index (χ0n) is 13.0. The Labute approximate surface area is 124 Å². The Hall–Kier alpha value is -0.900. The van der Waals surface area contributed by atoms with Crippen LogP contribution < -0.4 is 5.32 Å². The van der Waals surface area contributed by atoms with E-state index in [1.165, 1.54) is 44.7 Å². The first-order valence-electron chi connectivity index (χ1n) is 8.00. The maximum Gasteiger partial charge on any atom is 0.0234 e. The first-order valence-corrected chi connectivity index (χ1v) is 8.00. The van der Waals surface area contributed by atoms with Crippen LogP contribution in [-0.2, 0) is 6.54 Å². The Bertz CT molecular complexity index is 358. The molecule has 1 N–H and O–H groups in total. The van der Waals surface area contributed by atoms with Crippen molar-refractivity contribution in [1.82, 2.24) is 15.1 Å². The summed E-state index contributed by atoms with van der Waals surface area (Å²) in [6.07, 6.45) is 1.21. The summed E-state index contributed by atoms with van der Waals surface area (Å²) in [6, 6.07) is 11.4. The van der Waals surface area contributed by atoms with Gasteiger partial charge in [0.05, 0.1) is 0 Å². The Balaban J connectivity index is 1.63. The van der Waals surface area contributed by atoms with Crippen LogP contribution in [0.15, 0.2) is 30.3 Å². The summed E-state index contributed by atoms with van der Waals surface area (Å²) in [7, 11) is 0. The number of hydrogen-bond donors (Lipinski definition) is 1. The summed E-state index contributed by atoms with van der Waals surface area (Å²) in [4.78, 5) is 5.14. The second-order valence-electron chi connectivity index (χ2n) is 5.87. The summed E-state index contributed by atoms with van der Waals surface area (Å²) < 4.78 is 0. The summed E-state index contributed by atoms with van der Waals surface area (Å²) in [6.45, 7) is 12.7. The van der Waals surface area contributed by atoms with Crippen LogP contribution in [0.1, 0.15) is 25.8 Å². The second-order valence-corrected chi connectivity index (χ2v) is 5.87. The average Bonchev–Trinajstić information content (AvgIpc) is 2.50. The van der Waals surface area contributed by atoms with E-state index in [9.17, 15) is 0 Å². The van der Waals surface area contributed by atoms with Gasteiger partial charge in [0.25, 0.3) is 0 Å². The van der Waals surface area contributed by atoms with Crippen LogP contribution in [0.3, 0.4) is 0 Å². The van der Waals surface area contributed by atoms with E-state index in [1.54, 1.807) is 0 Å². The summed E-state index contributed by atoms with van der Waals surface area (Å²) in [5.74, 6) is 0. The quantitative estimate of drug-likeness (QED) is 0.823. The molecule has 0 aromatic heterocycles. The smallest absolute Gasteiger partial charge is 0.0234 e. The Morgan fingerprint density at radius 3 is 2.35 bits per heavy atom. The molecule has 0 spiro atoms. The fraction of sp³-hybridized carbons (Fsp3) is 0.647. The van der Waals surface area contributed by atoms with Gasteiger partial charge in [0.1, 0.15) is 0 Å². The van der Waals surface area contributed by atoms with Crippen molar-refractivity contribution >= 4 is 0 Å². The molecule has 1 unspecified atom stereocenters. The lowest BCUT2D eigenvalue weighted by Crippen LogP contribution is -2.48. The number of benzene rings is 1. The van der Waals surface area contributed by atoms with Crippen molar-refractivity contribution in [1.29, 1.82) is 0 Å². The van der Waals surface area contributed by atoms with E-state index < -0.39 is 0 Å². The molecular formula is C17H29N3. The van der Waals surface area contributed by atoms with E-state index in [0.717, 1.165) is 13.1 Å². The van der Waals surface area contributed by atoms with E-state index in [-0.39, 0.29) is 0 Å². The molecule has 0 amide bonds. The molecule has 0 aliphatic carbocycles. The first kappa shape index (κ1) is 15.5. The van der Waals surface area contributed by atoms with Crippen LogP contribution in [-0.4, -0.2) is 55.1 Å². The molecule has 0 bridgehead atoms. The van der Waals surface area contributed by atoms with Crippen LogP contribution >= 0.6 is 0 Å². The van der Waals surface area contributed by atoms with Gasteiger partial charge < -0.3 is 5.32 Å². The molecule has 0 saturated carbocycles. The number of piperazine rings is 1. The summed E-state index contributed by atoms with van der Waals surface area (Å²) in [5, 5.41) is 3.58. The van der Waals surface area contributed by atoms with Crippen molar-refractivity contribution in [3.05, 3.63) is 35.9 Å². The highest BCUT2D eigenvalue weighted by Gasteiger charge is 2.16. The van der Waals surface area contributed by atoms with Crippen molar-refractivity contribution in [3.8, 4) is 0 Å². The van der Waals surface area contributed by atoms with Crippen molar-refractivity contribution < 1.29 is 0 Å². The molecule has 1 aromatic carbocycles. The highest BCUT2D eigenvalue weighted by molar-refractivity contribution is 5.14. The molecule has 1 aliphatic rings. The lowest BCUT2D eigenvalue weighted by atomic mass is 10.2. The molecule has 112 valence electrons. The third-order valence-corrected chi connectivity index (χ3v) is 4.25. The van der Waals surface area contributed by atoms with Gasteiger partial charge in [-0.3, -0.25) is 9.80 Å². The molecule has 2 rings (SSSR count). The molecule has 3 nitrogen and oxygen atoms in total. The molecule has 1 atom stereocenters. The fourth-order valence-electron chi connectivity index (χ4n) is 2.63. The Morgan fingerprint density at radius 2 is 1.70 bits per heavy atom. The van der Waals surface area contributed by atoms with Crippen LogP contribution in [0.4, 0.5) is 0 Å². The van der Waals surface area contributed by atoms with E-state index >= 15 is 0 Å². The van der Waals surface area contributed by atoms with Crippen LogP contribution in [0.5, 0.6) is 0 Å². The zero-order chi connectivity index (χ0) is 14.2. The minimum absolute atomic E-state index is 0.648. The van der Waals surface area contributed by atoms with Gasteiger partial charge in [-0.25, -0.2) is 0 Å². The normalized spacial score (nSPS) is 19.1. The number of nitrogens with zero attached hydrogens (tertiary/aromatic N) is 2. The van der Waals surface area contributed by atoms with Crippen molar-refractivity contribution in [2.75, 3.05) is 39.3 Å². The van der Waals surface area contributed by atoms with Gasteiger partial charge in [0, 0.05) is 51.9 Å². The molecule has 0 radical (unpaired) electrons. The van der Waals surface area contributed by atoms with Gasteiger partial charge in [-0.05, 0) is 18.9 Å². The average molecular weight is 275 g/mol. The molecule has 20 heavy (non-hydrogen) atoms. The van der Waals surface area contributed by atoms with Gasteiger partial charge in [0.2, 0.25) is 0 Å². The fourth-order valence-corrected chi connectivity index (χ4v) is 2.63. The monoisotopic (exact) mass is 275 g/mol. The van der Waals surface area contributed by atoms with E-state index in [1.807, 2.05) is 0 Å². The highest BCUT2D eigenvalue weighted by atomic mass is 15.3. The van der Waals surface area contributed by atoms with E-state index in [2.05, 4.69) is 59.3 Å². The Morgan fingerprint density at radius 1 is 1.05 bits per heavy atom. The molecule has 1 aromatic rings. The summed E-state index contributed by atoms with van der Waals surface area (Å²) >= 11 is 0. The van der Waals surface area contributed by atoms with Crippen molar-refractivity contribution in [2.24, 2.45) is 0 Å². The number of hydrogen-bond acceptors (Lipinski definition) is 3. The minimum atomic E-state index is 0.648. The molecule has 1 heterocycles. The van der Waals surface area contributed by atoms with Gasteiger partial charge in [-0.2, -0.15) is 0 Å². The lowest BCUT2D eigenvalue weighted by Gasteiger charge is -2.35. The van der Waals surface area contributed by atoms with Gasteiger partial charge in [-0.15, -0.1) is 0 Å². The highest BCUT2D eigenvalue weighted by Crippen LogP contribution is 2.07. The molecule has 1 fully saturated rings. The van der Waals surface area contributed by atoms with E-state index in [0.29, 0.717) is 6.04 Å². The molecule has 1 saturated heterocycles. The number of rotatable bonds is 7. The maximum absolute atomic E-state index is 3.58. The van der Waals surface area contributed by atoms with Crippen LogP contribution in [0.2, 0.25) is 0 Å². The SMILES string of the molecule is CCC(C)NCCN1CCN(Cc2ccccc2)CC1. The van der Waals surface area contributed by atoms with Gasteiger partial charge in [0.15, 0.2) is 0 Å². The van der Waals surface area contributed by atoms with Gasteiger partial charge >= 0.3 is 0 Å². The lowest BCUT2D eigenvalue weighted by molar-refractivity contribution is 0.127. The van der Waals surface area contributed by atoms with Crippen LogP contribution in [0, 0.1) is 0 Å². The predicted molar refractivity (Wildman–Crippen MR) is 85.9 cm³/mol. The van der Waals surface area contributed by atoms with E-state index in [4.69, 9.17) is 0 Å². The molecule has 3 heteroatoms. The third kappa shape index (κ3) is 5.23. The standard InChI is InChI=1S/C17H29N3/c1-3-16(2)18-9-10-19-11-13-20(14-12-19)15-17-7-5-4-6-8-17/h4-8,16,18H,3,9-15H2,1-2H3. The number of nitrogens with one attached hydrogen (secondary N) is 1. The molecule has 1 aliphatic heterocycles. The van der Waals surface area contributed by atoms with Crippen molar-refractivity contribution in [3.63, 3.8) is 0 Å². The maximum atomic E-state index is 3.58. The second kappa shape index (κ2) is 8.40. The minimum Gasteiger partial charge on any atom is -0.313 e. The molecular weight excluding hydrogens is 246 g/mol.